The van der Waals surface area contributed by atoms with E-state index < -0.39 is 0 Å². The second-order valence-corrected chi connectivity index (χ2v) is 5.04. The highest BCUT2D eigenvalue weighted by molar-refractivity contribution is 5.84. The number of nitrogens with one attached hydrogen (secondary N) is 2. The standard InChI is InChI=1S/C18H21N3O4/c1-3-25-15-7-5-14(6-8-15)19-12-18(23)21-20-11-13-4-9-17(24-2)16(22)10-13/h4-11,19,22H,3,12H2,1-2H3,(H,21,23). The molecule has 132 valence electrons. The summed E-state index contributed by atoms with van der Waals surface area (Å²) in [5.74, 6) is 0.878. The van der Waals surface area contributed by atoms with Crippen LogP contribution in [0.4, 0.5) is 5.69 Å². The van der Waals surface area contributed by atoms with Crippen LogP contribution in [0.25, 0.3) is 0 Å². The monoisotopic (exact) mass is 343 g/mol. The van der Waals surface area contributed by atoms with Crippen LogP contribution in [0.3, 0.4) is 0 Å². The Bertz CT molecular complexity index is 730. The Morgan fingerprint density at radius 2 is 2.00 bits per heavy atom. The lowest BCUT2D eigenvalue weighted by Crippen LogP contribution is -2.25. The first kappa shape index (κ1) is 18.1. The summed E-state index contributed by atoms with van der Waals surface area (Å²) in [7, 11) is 1.47. The van der Waals surface area contributed by atoms with Gasteiger partial charge in [0.05, 0.1) is 26.5 Å². The summed E-state index contributed by atoms with van der Waals surface area (Å²) in [5, 5.41) is 16.5. The van der Waals surface area contributed by atoms with Crippen molar-refractivity contribution in [3.05, 3.63) is 48.0 Å². The second-order valence-electron chi connectivity index (χ2n) is 5.04. The van der Waals surface area contributed by atoms with Crippen LogP contribution in [0, 0.1) is 0 Å². The van der Waals surface area contributed by atoms with Gasteiger partial charge < -0.3 is 19.9 Å². The molecule has 3 N–H and O–H groups in total. The highest BCUT2D eigenvalue weighted by atomic mass is 16.5. The summed E-state index contributed by atoms with van der Waals surface area (Å²) in [6.07, 6.45) is 1.44. The fraction of sp³-hybridized carbons (Fsp3) is 0.222. The zero-order valence-electron chi connectivity index (χ0n) is 14.2. The maximum atomic E-state index is 11.8. The van der Waals surface area contributed by atoms with Crippen molar-refractivity contribution in [3.8, 4) is 17.2 Å². The average Bonchev–Trinajstić information content (AvgIpc) is 2.61. The number of nitrogens with zero attached hydrogens (tertiary/aromatic N) is 1. The molecule has 25 heavy (non-hydrogen) atoms. The number of hydrogen-bond acceptors (Lipinski definition) is 6. The Kier molecular flexibility index (Phi) is 6.65. The third-order valence-corrected chi connectivity index (χ3v) is 3.22. The molecule has 0 saturated carbocycles. The first-order valence-electron chi connectivity index (χ1n) is 7.78. The van der Waals surface area contributed by atoms with Gasteiger partial charge in [0.2, 0.25) is 0 Å². The van der Waals surface area contributed by atoms with Crippen LogP contribution in [0.5, 0.6) is 17.2 Å². The third-order valence-electron chi connectivity index (χ3n) is 3.22. The maximum absolute atomic E-state index is 11.8. The quantitative estimate of drug-likeness (QED) is 0.505. The molecule has 0 heterocycles. The number of ether oxygens (including phenoxy) is 2. The first-order valence-corrected chi connectivity index (χ1v) is 7.78. The molecular weight excluding hydrogens is 322 g/mol. The molecule has 0 saturated heterocycles. The molecule has 0 aromatic heterocycles. The lowest BCUT2D eigenvalue weighted by Gasteiger charge is -2.07. The topological polar surface area (TPSA) is 92.2 Å². The molecule has 7 nitrogen and oxygen atoms in total. The number of methoxy groups -OCH3 is 1. The van der Waals surface area contributed by atoms with Crippen molar-refractivity contribution in [1.82, 2.24) is 5.43 Å². The Balaban J connectivity index is 1.79. The van der Waals surface area contributed by atoms with Gasteiger partial charge in [-0.15, -0.1) is 0 Å². The van der Waals surface area contributed by atoms with Gasteiger partial charge in [0.1, 0.15) is 5.75 Å². The number of carbonyl (C=O) groups is 1. The summed E-state index contributed by atoms with van der Waals surface area (Å²) in [6.45, 7) is 2.61. The SMILES string of the molecule is CCOc1ccc(NCC(=O)NN=Cc2ccc(OC)c(O)c2)cc1. The third kappa shape index (κ3) is 5.72. The van der Waals surface area contributed by atoms with Crippen molar-refractivity contribution in [2.24, 2.45) is 5.10 Å². The molecular formula is C18H21N3O4. The van der Waals surface area contributed by atoms with Crippen LogP contribution in [0.15, 0.2) is 47.6 Å². The fourth-order valence-electron chi connectivity index (χ4n) is 2.02. The van der Waals surface area contributed by atoms with Crippen LogP contribution >= 0.6 is 0 Å². The van der Waals surface area contributed by atoms with Crippen LogP contribution in [0.1, 0.15) is 12.5 Å². The number of carbonyl (C=O) groups excluding carboxylic acids is 1. The first-order chi connectivity index (χ1) is 12.1. The van der Waals surface area contributed by atoms with Crippen molar-refractivity contribution in [3.63, 3.8) is 0 Å². The molecule has 0 aliphatic heterocycles. The van der Waals surface area contributed by atoms with E-state index in [-0.39, 0.29) is 18.2 Å². The zero-order chi connectivity index (χ0) is 18.1. The maximum Gasteiger partial charge on any atom is 0.259 e. The van der Waals surface area contributed by atoms with E-state index in [1.54, 1.807) is 12.1 Å². The molecule has 2 aromatic rings. The van der Waals surface area contributed by atoms with Gasteiger partial charge in [-0.25, -0.2) is 5.43 Å². The normalized spacial score (nSPS) is 10.5. The summed E-state index contributed by atoms with van der Waals surface area (Å²) in [5.41, 5.74) is 3.86. The Labute approximate surface area is 146 Å². The highest BCUT2D eigenvalue weighted by Crippen LogP contribution is 2.25. The van der Waals surface area contributed by atoms with Gasteiger partial charge >= 0.3 is 0 Å². The van der Waals surface area contributed by atoms with E-state index in [1.165, 1.54) is 19.4 Å². The molecule has 7 heteroatoms. The zero-order valence-corrected chi connectivity index (χ0v) is 14.2. The minimum absolute atomic E-state index is 0.00921. The summed E-state index contributed by atoms with van der Waals surface area (Å²) < 4.78 is 10.3. The van der Waals surface area contributed by atoms with E-state index in [2.05, 4.69) is 15.8 Å². The van der Waals surface area contributed by atoms with E-state index >= 15 is 0 Å². The number of hydrazone groups is 1. The van der Waals surface area contributed by atoms with E-state index in [4.69, 9.17) is 9.47 Å². The number of phenols is 1. The second kappa shape index (κ2) is 9.17. The predicted octanol–water partition coefficient (Wildman–Crippen LogP) is 2.36. The summed E-state index contributed by atoms with van der Waals surface area (Å²) >= 11 is 0. The van der Waals surface area contributed by atoms with Crippen LogP contribution in [0.2, 0.25) is 0 Å². The molecule has 0 fully saturated rings. The van der Waals surface area contributed by atoms with Crippen molar-refractivity contribution in [1.29, 1.82) is 0 Å². The molecule has 1 amide bonds. The van der Waals surface area contributed by atoms with Crippen molar-refractivity contribution < 1.29 is 19.4 Å². The van der Waals surface area contributed by atoms with E-state index in [9.17, 15) is 9.90 Å². The molecule has 0 atom stereocenters. The fourth-order valence-corrected chi connectivity index (χ4v) is 2.02. The van der Waals surface area contributed by atoms with Crippen LogP contribution in [-0.4, -0.2) is 37.5 Å². The summed E-state index contributed by atoms with van der Waals surface area (Å²) in [6, 6.07) is 12.2. The Morgan fingerprint density at radius 3 is 2.64 bits per heavy atom. The molecule has 0 aliphatic rings. The molecule has 0 bridgehead atoms. The number of aromatic hydroxyl groups is 1. The molecule has 0 unspecified atom stereocenters. The number of amides is 1. The summed E-state index contributed by atoms with van der Waals surface area (Å²) in [4.78, 5) is 11.8. The van der Waals surface area contributed by atoms with Gasteiger partial charge in [0.25, 0.3) is 5.91 Å². The minimum Gasteiger partial charge on any atom is -0.504 e. The predicted molar refractivity (Wildman–Crippen MR) is 96.5 cm³/mol. The smallest absolute Gasteiger partial charge is 0.259 e. The van der Waals surface area contributed by atoms with Gasteiger partial charge in [-0.3, -0.25) is 4.79 Å². The van der Waals surface area contributed by atoms with E-state index in [0.29, 0.717) is 17.9 Å². The Hall–Kier alpha value is -3.22. The number of benzene rings is 2. The molecule has 0 aliphatic carbocycles. The lowest BCUT2D eigenvalue weighted by atomic mass is 10.2. The molecule has 0 spiro atoms. The van der Waals surface area contributed by atoms with Gasteiger partial charge in [-0.05, 0) is 55.0 Å². The minimum atomic E-state index is -0.289. The van der Waals surface area contributed by atoms with Gasteiger partial charge in [-0.2, -0.15) is 5.10 Å². The van der Waals surface area contributed by atoms with Crippen molar-refractivity contribution in [2.45, 2.75) is 6.92 Å². The van der Waals surface area contributed by atoms with Gasteiger partial charge in [-0.1, -0.05) is 0 Å². The van der Waals surface area contributed by atoms with Crippen LogP contribution < -0.4 is 20.2 Å². The molecule has 0 radical (unpaired) electrons. The number of anilines is 1. The Morgan fingerprint density at radius 1 is 1.24 bits per heavy atom. The number of rotatable bonds is 8. The van der Waals surface area contributed by atoms with Crippen LogP contribution in [-0.2, 0) is 4.79 Å². The van der Waals surface area contributed by atoms with E-state index in [0.717, 1.165) is 11.4 Å². The molecule has 2 rings (SSSR count). The van der Waals surface area contributed by atoms with E-state index in [1.807, 2.05) is 31.2 Å². The lowest BCUT2D eigenvalue weighted by molar-refractivity contribution is -0.119. The van der Waals surface area contributed by atoms with Gasteiger partial charge in [0.15, 0.2) is 11.5 Å². The largest absolute Gasteiger partial charge is 0.504 e. The van der Waals surface area contributed by atoms with Crippen molar-refractivity contribution in [2.75, 3.05) is 25.6 Å². The molecule has 2 aromatic carbocycles. The number of hydrogen-bond donors (Lipinski definition) is 3. The average molecular weight is 343 g/mol. The number of phenolic OH excluding ortho intramolecular Hbond substituents is 1. The highest BCUT2D eigenvalue weighted by Gasteiger charge is 2.02. The van der Waals surface area contributed by atoms with Gasteiger partial charge in [0, 0.05) is 5.69 Å². The van der Waals surface area contributed by atoms with Crippen molar-refractivity contribution >= 4 is 17.8 Å².